The standard InChI is InChI=1S/C47H63NO6Si2/c1-30(2)56(31(3)4,32(5)6)27-26-40-41-33(7)43-44(53-47(52-43,34-20-16-14-17-21-34)35-22-18-15-19-23-35)38(29-49)42(41)37-28-36(54-55(12,13)46(8,9)10)24-25-39(37)48(40)45(50)51-11/h14-25,28,30-33,38,40,43-44,49H,29H2,1-13H3/t33-,38+,40+,43+,44-/m1/s1. The Balaban J connectivity index is 1.63. The summed E-state index contributed by atoms with van der Waals surface area (Å²) in [4.78, 5) is 16.0. The zero-order chi connectivity index (χ0) is 41.0. The second kappa shape index (κ2) is 15.6. The number of carbonyl (C=O) groups excluding carboxylic acids is 1. The van der Waals surface area contributed by atoms with Crippen LogP contribution in [-0.4, -0.2) is 59.6 Å². The van der Waals surface area contributed by atoms with Crippen molar-refractivity contribution >= 4 is 33.7 Å². The molecule has 300 valence electrons. The summed E-state index contributed by atoms with van der Waals surface area (Å²) in [6.07, 6.45) is -1.46. The maximum absolute atomic E-state index is 14.2. The summed E-state index contributed by atoms with van der Waals surface area (Å²) in [5.41, 5.74) is 10.3. The lowest BCUT2D eigenvalue weighted by molar-refractivity contribution is -0.155. The Bertz CT molecular complexity index is 1930. The lowest BCUT2D eigenvalue weighted by Gasteiger charge is -2.47. The number of rotatable bonds is 8. The number of hydrogen-bond donors (Lipinski definition) is 1. The summed E-state index contributed by atoms with van der Waals surface area (Å²) in [6.45, 7) is 26.9. The molecule has 0 bridgehead atoms. The Labute approximate surface area is 337 Å². The molecule has 1 aliphatic carbocycles. The van der Waals surface area contributed by atoms with Crippen molar-refractivity contribution in [3.8, 4) is 17.2 Å². The number of benzene rings is 3. The molecule has 0 radical (unpaired) electrons. The molecule has 1 saturated heterocycles. The number of aliphatic hydroxyl groups is 1. The van der Waals surface area contributed by atoms with Gasteiger partial charge < -0.3 is 23.7 Å². The van der Waals surface area contributed by atoms with Crippen LogP contribution < -0.4 is 9.33 Å². The molecule has 1 amide bonds. The fraction of sp³-hybridized carbons (Fsp3) is 0.511. The minimum Gasteiger partial charge on any atom is -0.543 e. The van der Waals surface area contributed by atoms with E-state index in [1.54, 1.807) is 4.90 Å². The SMILES string of the molecule is COC(=O)N1c2ccc(O[Si](C)(C)C(C)(C)C)cc2C2=C([C@@H](C)[C@@H]3OC(c4ccccc4)(c4ccccc4)O[C@@H]3[C@H]2CO)[C@@H]1C#C[Si](C(C)C)(C(C)C)C(C)C. The lowest BCUT2D eigenvalue weighted by atomic mass is 9.67. The van der Waals surface area contributed by atoms with Gasteiger partial charge in [-0.05, 0) is 64.1 Å². The zero-order valence-electron chi connectivity index (χ0n) is 35.8. The van der Waals surface area contributed by atoms with Gasteiger partial charge in [-0.25, -0.2) is 4.79 Å². The van der Waals surface area contributed by atoms with E-state index in [1.165, 1.54) is 7.11 Å². The highest BCUT2D eigenvalue weighted by molar-refractivity contribution is 6.90. The van der Waals surface area contributed by atoms with E-state index in [4.69, 9.17) is 18.6 Å². The van der Waals surface area contributed by atoms with Gasteiger partial charge in [-0.1, -0.05) is 136 Å². The van der Waals surface area contributed by atoms with Crippen LogP contribution in [0.1, 0.15) is 85.9 Å². The average Bonchev–Trinajstić information content (AvgIpc) is 3.57. The third kappa shape index (κ3) is 6.89. The van der Waals surface area contributed by atoms with E-state index in [0.29, 0.717) is 22.3 Å². The summed E-state index contributed by atoms with van der Waals surface area (Å²) >= 11 is 0. The molecular formula is C47H63NO6Si2. The Kier molecular flexibility index (Phi) is 11.7. The number of methoxy groups -OCH3 is 1. The van der Waals surface area contributed by atoms with Crippen LogP contribution in [0, 0.1) is 23.3 Å². The summed E-state index contributed by atoms with van der Waals surface area (Å²) in [5, 5.41) is 11.6. The van der Waals surface area contributed by atoms with Crippen molar-refractivity contribution in [3.63, 3.8) is 0 Å². The van der Waals surface area contributed by atoms with E-state index in [-0.39, 0.29) is 17.6 Å². The Morgan fingerprint density at radius 3 is 1.89 bits per heavy atom. The molecule has 7 nitrogen and oxygen atoms in total. The Morgan fingerprint density at radius 1 is 0.875 bits per heavy atom. The van der Waals surface area contributed by atoms with Crippen molar-refractivity contribution in [1.29, 1.82) is 0 Å². The van der Waals surface area contributed by atoms with Crippen molar-refractivity contribution in [2.24, 2.45) is 11.8 Å². The van der Waals surface area contributed by atoms with E-state index in [1.807, 2.05) is 72.8 Å². The summed E-state index contributed by atoms with van der Waals surface area (Å²) < 4.78 is 27.1. The normalized spacial score (nSPS) is 23.4. The number of aliphatic hydroxyl groups excluding tert-OH is 1. The highest BCUT2D eigenvalue weighted by Crippen LogP contribution is 2.57. The largest absolute Gasteiger partial charge is 0.543 e. The number of amides is 1. The minimum absolute atomic E-state index is 0.0286. The van der Waals surface area contributed by atoms with Crippen LogP contribution in [-0.2, 0) is 20.0 Å². The fourth-order valence-corrected chi connectivity index (χ4v) is 15.8. The van der Waals surface area contributed by atoms with Gasteiger partial charge in [0, 0.05) is 28.5 Å². The molecule has 6 rings (SSSR count). The number of carbonyl (C=O) groups is 1. The van der Waals surface area contributed by atoms with Gasteiger partial charge in [0.1, 0.15) is 19.9 Å². The highest BCUT2D eigenvalue weighted by Gasteiger charge is 2.60. The van der Waals surface area contributed by atoms with Crippen molar-refractivity contribution in [1.82, 2.24) is 0 Å². The average molecular weight is 794 g/mol. The van der Waals surface area contributed by atoms with Crippen LogP contribution in [0.3, 0.4) is 0 Å². The molecule has 1 N–H and O–H groups in total. The first-order valence-corrected chi connectivity index (χ1v) is 25.5. The first-order valence-electron chi connectivity index (χ1n) is 20.4. The first kappa shape index (κ1) is 42.0. The number of hydrogen-bond acceptors (Lipinski definition) is 6. The van der Waals surface area contributed by atoms with Gasteiger partial charge in [0.05, 0.1) is 31.6 Å². The van der Waals surface area contributed by atoms with Crippen LogP contribution in [0.15, 0.2) is 84.4 Å². The smallest absolute Gasteiger partial charge is 0.415 e. The van der Waals surface area contributed by atoms with Crippen molar-refractivity contribution in [3.05, 3.63) is 101 Å². The van der Waals surface area contributed by atoms with Crippen molar-refractivity contribution in [2.45, 2.75) is 128 Å². The molecule has 56 heavy (non-hydrogen) atoms. The third-order valence-corrected chi connectivity index (χ3v) is 24.1. The Hall–Kier alpha value is -3.66. The second-order valence-electron chi connectivity index (χ2n) is 18.4. The fourth-order valence-electron chi connectivity index (χ4n) is 9.55. The summed E-state index contributed by atoms with van der Waals surface area (Å²) in [5.74, 6) is 2.57. The van der Waals surface area contributed by atoms with E-state index >= 15 is 0 Å². The monoisotopic (exact) mass is 793 g/mol. The predicted molar refractivity (Wildman–Crippen MR) is 232 cm³/mol. The number of nitrogens with zero attached hydrogens (tertiary/aromatic N) is 1. The van der Waals surface area contributed by atoms with Crippen LogP contribution in [0.5, 0.6) is 5.75 Å². The molecule has 3 aromatic rings. The highest BCUT2D eigenvalue weighted by atomic mass is 28.4. The van der Waals surface area contributed by atoms with Gasteiger partial charge in [0.15, 0.2) is 0 Å². The zero-order valence-corrected chi connectivity index (χ0v) is 37.8. The van der Waals surface area contributed by atoms with Gasteiger partial charge in [0.2, 0.25) is 14.1 Å². The van der Waals surface area contributed by atoms with Crippen molar-refractivity contribution < 1.29 is 28.5 Å². The van der Waals surface area contributed by atoms with Gasteiger partial charge >= 0.3 is 6.09 Å². The van der Waals surface area contributed by atoms with Gasteiger partial charge in [-0.3, -0.25) is 4.90 Å². The second-order valence-corrected chi connectivity index (χ2v) is 28.7. The molecule has 2 aliphatic heterocycles. The molecular weight excluding hydrogens is 731 g/mol. The van der Waals surface area contributed by atoms with E-state index in [0.717, 1.165) is 33.6 Å². The summed E-state index contributed by atoms with van der Waals surface area (Å²) in [6, 6.07) is 25.5. The van der Waals surface area contributed by atoms with Crippen LogP contribution in [0.4, 0.5) is 10.5 Å². The maximum Gasteiger partial charge on any atom is 0.415 e. The van der Waals surface area contributed by atoms with Gasteiger partial charge in [-0.15, -0.1) is 5.54 Å². The maximum atomic E-state index is 14.2. The van der Waals surface area contributed by atoms with Gasteiger partial charge in [-0.2, -0.15) is 0 Å². The third-order valence-electron chi connectivity index (χ3n) is 13.4. The predicted octanol–water partition coefficient (Wildman–Crippen LogP) is 10.9. The van der Waals surface area contributed by atoms with E-state index in [2.05, 4.69) is 99.9 Å². The lowest BCUT2D eigenvalue weighted by Crippen LogP contribution is -2.53. The van der Waals surface area contributed by atoms with Crippen molar-refractivity contribution in [2.75, 3.05) is 18.6 Å². The molecule has 3 aliphatic rings. The molecule has 0 saturated carbocycles. The molecule has 1 fully saturated rings. The molecule has 2 heterocycles. The topological polar surface area (TPSA) is 77.5 Å². The number of anilines is 1. The number of fused-ring (bicyclic) bond motifs is 3. The van der Waals surface area contributed by atoms with E-state index < -0.39 is 52.4 Å². The molecule has 9 heteroatoms. The molecule has 0 spiro atoms. The van der Waals surface area contributed by atoms with Crippen LogP contribution >= 0.6 is 0 Å². The number of ether oxygens (including phenoxy) is 3. The van der Waals surface area contributed by atoms with Gasteiger partial charge in [0.25, 0.3) is 0 Å². The first-order chi connectivity index (χ1) is 26.4. The van der Waals surface area contributed by atoms with Crippen LogP contribution in [0.25, 0.3) is 5.57 Å². The van der Waals surface area contributed by atoms with E-state index in [9.17, 15) is 9.90 Å². The molecule has 0 unspecified atom stereocenters. The van der Waals surface area contributed by atoms with Crippen LogP contribution in [0.2, 0.25) is 34.8 Å². The molecule has 0 aromatic heterocycles. The quantitative estimate of drug-likeness (QED) is 0.181. The minimum atomic E-state index is -2.26. The molecule has 3 aromatic carbocycles. The summed E-state index contributed by atoms with van der Waals surface area (Å²) in [7, 11) is -3.07. The Morgan fingerprint density at radius 2 is 1.41 bits per heavy atom. The molecule has 5 atom stereocenters.